The highest BCUT2D eigenvalue weighted by molar-refractivity contribution is 5.46. The molecular weight excluding hydrogens is 431 g/mol. The van der Waals surface area contributed by atoms with Crippen LogP contribution < -0.4 is 20.1 Å². The zero-order valence-corrected chi connectivity index (χ0v) is 19.3. The van der Waals surface area contributed by atoms with Crippen molar-refractivity contribution in [3.63, 3.8) is 0 Å². The van der Waals surface area contributed by atoms with Crippen LogP contribution in [0.3, 0.4) is 0 Å². The smallest absolute Gasteiger partial charge is 0.231 e. The van der Waals surface area contributed by atoms with Gasteiger partial charge in [0.25, 0.3) is 0 Å². The fraction of sp³-hybridized carbons (Fsp3) is 0.370. The maximum absolute atomic E-state index is 13.8. The first-order valence-corrected chi connectivity index (χ1v) is 12.0. The van der Waals surface area contributed by atoms with Gasteiger partial charge in [0, 0.05) is 19.3 Å². The van der Waals surface area contributed by atoms with Gasteiger partial charge < -0.3 is 25.0 Å². The second-order valence-corrected chi connectivity index (χ2v) is 8.90. The van der Waals surface area contributed by atoms with Gasteiger partial charge in [-0.3, -0.25) is 4.98 Å². The molecule has 0 radical (unpaired) electrons. The van der Waals surface area contributed by atoms with Crippen LogP contribution in [0.4, 0.5) is 10.1 Å². The molecule has 2 aliphatic rings. The number of anilines is 1. The van der Waals surface area contributed by atoms with Gasteiger partial charge in [0.05, 0.1) is 17.4 Å². The van der Waals surface area contributed by atoms with Gasteiger partial charge in [-0.15, -0.1) is 0 Å². The Kier molecular flexibility index (Phi) is 7.22. The molecule has 2 aliphatic heterocycles. The molecular formula is C27H31FN4O2. The molecule has 3 aromatic rings. The molecule has 0 bridgehead atoms. The number of ether oxygens (including phenoxy) is 2. The first-order valence-electron chi connectivity index (χ1n) is 12.0. The van der Waals surface area contributed by atoms with E-state index in [1.807, 2.05) is 30.5 Å². The number of benzene rings is 2. The molecule has 5 rings (SSSR count). The van der Waals surface area contributed by atoms with Crippen LogP contribution >= 0.6 is 0 Å². The zero-order valence-electron chi connectivity index (χ0n) is 19.3. The monoisotopic (exact) mass is 462 g/mol. The number of nitrogens with one attached hydrogen (secondary N) is 2. The molecule has 3 heterocycles. The van der Waals surface area contributed by atoms with Gasteiger partial charge in [-0.2, -0.15) is 0 Å². The Hall–Kier alpha value is -3.16. The van der Waals surface area contributed by atoms with Crippen molar-refractivity contribution in [2.75, 3.05) is 44.8 Å². The van der Waals surface area contributed by atoms with Gasteiger partial charge in [0.1, 0.15) is 5.82 Å². The molecule has 0 amide bonds. The predicted molar refractivity (Wildman–Crippen MR) is 131 cm³/mol. The molecule has 0 saturated carbocycles. The maximum atomic E-state index is 13.8. The van der Waals surface area contributed by atoms with Gasteiger partial charge in [-0.25, -0.2) is 4.39 Å². The summed E-state index contributed by atoms with van der Waals surface area (Å²) in [6, 6.07) is 19.0. The molecule has 1 aromatic heterocycles. The number of likely N-dealkylation sites (tertiary alicyclic amines) is 1. The van der Waals surface area contributed by atoms with Gasteiger partial charge in [0.2, 0.25) is 6.79 Å². The van der Waals surface area contributed by atoms with Crippen LogP contribution in [0.2, 0.25) is 0 Å². The highest BCUT2D eigenvalue weighted by Crippen LogP contribution is 2.35. The minimum Gasteiger partial charge on any atom is -0.454 e. The summed E-state index contributed by atoms with van der Waals surface area (Å²) < 4.78 is 24.8. The molecule has 178 valence electrons. The number of para-hydroxylation sites is 1. The van der Waals surface area contributed by atoms with Crippen molar-refractivity contribution < 1.29 is 13.9 Å². The molecule has 1 fully saturated rings. The third-order valence-corrected chi connectivity index (χ3v) is 6.65. The van der Waals surface area contributed by atoms with Gasteiger partial charge in [-0.1, -0.05) is 24.3 Å². The number of halogens is 1. The first kappa shape index (κ1) is 22.6. The molecule has 1 unspecified atom stereocenters. The molecule has 0 spiro atoms. The van der Waals surface area contributed by atoms with E-state index < -0.39 is 0 Å². The van der Waals surface area contributed by atoms with E-state index in [0.717, 1.165) is 68.3 Å². The van der Waals surface area contributed by atoms with E-state index in [1.54, 1.807) is 12.1 Å². The van der Waals surface area contributed by atoms with Crippen LogP contribution in [0.15, 0.2) is 66.9 Å². The standard InChI is InChI=1S/C27H31FN4O2/c28-22-5-1-2-6-23(22)30-13-16-32-14-10-20(11-15-32)18-31-27(24-7-3-4-12-29-24)21-8-9-25-26(17-21)34-19-33-25/h1-9,12,17,20,27,30-31H,10-11,13-16,18-19H2. The Balaban J connectivity index is 1.13. The highest BCUT2D eigenvalue weighted by atomic mass is 19.1. The number of hydrogen-bond donors (Lipinski definition) is 2. The summed E-state index contributed by atoms with van der Waals surface area (Å²) in [4.78, 5) is 7.07. The van der Waals surface area contributed by atoms with E-state index in [4.69, 9.17) is 9.47 Å². The van der Waals surface area contributed by atoms with Gasteiger partial charge >= 0.3 is 0 Å². The molecule has 2 aromatic carbocycles. The van der Waals surface area contributed by atoms with Crippen LogP contribution in [-0.4, -0.2) is 49.4 Å². The number of pyridine rings is 1. The van der Waals surface area contributed by atoms with Crippen LogP contribution in [0.25, 0.3) is 0 Å². The Morgan fingerprint density at radius 1 is 1.00 bits per heavy atom. The van der Waals surface area contributed by atoms with Gasteiger partial charge in [0.15, 0.2) is 11.5 Å². The molecule has 0 aliphatic carbocycles. The molecule has 6 nitrogen and oxygen atoms in total. The van der Waals surface area contributed by atoms with Crippen molar-refractivity contribution in [3.8, 4) is 11.5 Å². The third kappa shape index (κ3) is 5.48. The first-order chi connectivity index (χ1) is 16.8. The zero-order chi connectivity index (χ0) is 23.2. The number of fused-ring (bicyclic) bond motifs is 1. The van der Waals surface area contributed by atoms with Crippen molar-refractivity contribution in [1.29, 1.82) is 0 Å². The molecule has 1 atom stereocenters. The van der Waals surface area contributed by atoms with Crippen molar-refractivity contribution in [1.82, 2.24) is 15.2 Å². The van der Waals surface area contributed by atoms with E-state index in [0.29, 0.717) is 11.6 Å². The summed E-state index contributed by atoms with van der Waals surface area (Å²) in [6.07, 6.45) is 4.12. The summed E-state index contributed by atoms with van der Waals surface area (Å²) in [6.45, 7) is 4.98. The SMILES string of the molecule is Fc1ccccc1NCCN1CCC(CNC(c2ccc3c(c2)OCO3)c2ccccn2)CC1. The lowest BCUT2D eigenvalue weighted by atomic mass is 9.95. The summed E-state index contributed by atoms with van der Waals surface area (Å²) in [5, 5.41) is 6.98. The predicted octanol–water partition coefficient (Wildman–Crippen LogP) is 4.45. The fourth-order valence-corrected chi connectivity index (χ4v) is 4.68. The Labute approximate surface area is 200 Å². The lowest BCUT2D eigenvalue weighted by molar-refractivity contribution is 0.174. The van der Waals surface area contributed by atoms with Crippen LogP contribution in [0.5, 0.6) is 11.5 Å². The van der Waals surface area contributed by atoms with Crippen molar-refractivity contribution in [2.24, 2.45) is 5.92 Å². The Morgan fingerprint density at radius 2 is 1.82 bits per heavy atom. The van der Waals surface area contributed by atoms with Gasteiger partial charge in [-0.05, 0) is 80.4 Å². The summed E-state index contributed by atoms with van der Waals surface area (Å²) in [5.74, 6) is 1.99. The molecule has 7 heteroatoms. The summed E-state index contributed by atoms with van der Waals surface area (Å²) in [7, 11) is 0. The quantitative estimate of drug-likeness (QED) is 0.490. The fourth-order valence-electron chi connectivity index (χ4n) is 4.68. The summed E-state index contributed by atoms with van der Waals surface area (Å²) >= 11 is 0. The van der Waals surface area contributed by atoms with E-state index in [9.17, 15) is 4.39 Å². The Bertz CT molecular complexity index is 1070. The lowest BCUT2D eigenvalue weighted by Gasteiger charge is -2.33. The number of aromatic nitrogens is 1. The Morgan fingerprint density at radius 3 is 2.65 bits per heavy atom. The largest absolute Gasteiger partial charge is 0.454 e. The maximum Gasteiger partial charge on any atom is 0.231 e. The molecule has 2 N–H and O–H groups in total. The van der Waals surface area contributed by atoms with Crippen molar-refractivity contribution >= 4 is 5.69 Å². The lowest BCUT2D eigenvalue weighted by Crippen LogP contribution is -2.40. The van der Waals surface area contributed by atoms with E-state index in [-0.39, 0.29) is 18.7 Å². The number of hydrogen-bond acceptors (Lipinski definition) is 6. The molecule has 1 saturated heterocycles. The van der Waals surface area contributed by atoms with Crippen molar-refractivity contribution in [2.45, 2.75) is 18.9 Å². The van der Waals surface area contributed by atoms with Crippen molar-refractivity contribution in [3.05, 3.63) is 83.9 Å². The second kappa shape index (κ2) is 10.8. The average Bonchev–Trinajstić information content (AvgIpc) is 3.35. The second-order valence-electron chi connectivity index (χ2n) is 8.90. The minimum absolute atomic E-state index is 0.00121. The van der Waals surface area contributed by atoms with Crippen LogP contribution in [0.1, 0.15) is 30.1 Å². The number of piperidine rings is 1. The highest BCUT2D eigenvalue weighted by Gasteiger charge is 2.23. The third-order valence-electron chi connectivity index (χ3n) is 6.65. The topological polar surface area (TPSA) is 58.7 Å². The normalized spacial score (nSPS) is 17.0. The minimum atomic E-state index is -0.197. The van der Waals surface area contributed by atoms with E-state index in [1.165, 1.54) is 6.07 Å². The van der Waals surface area contributed by atoms with E-state index >= 15 is 0 Å². The average molecular weight is 463 g/mol. The van der Waals surface area contributed by atoms with Crippen LogP contribution in [-0.2, 0) is 0 Å². The summed E-state index contributed by atoms with van der Waals surface area (Å²) in [5.41, 5.74) is 2.70. The molecule has 34 heavy (non-hydrogen) atoms. The number of nitrogens with zero attached hydrogens (tertiary/aromatic N) is 2. The van der Waals surface area contributed by atoms with E-state index in [2.05, 4.69) is 38.7 Å². The van der Waals surface area contributed by atoms with Crippen LogP contribution in [0, 0.1) is 11.7 Å². The number of rotatable bonds is 9.